The van der Waals surface area contributed by atoms with Gasteiger partial charge in [-0.2, -0.15) is 0 Å². The minimum atomic E-state index is -0.703. The number of benzene rings is 1. The van der Waals surface area contributed by atoms with Gasteiger partial charge in [0.15, 0.2) is 0 Å². The molecule has 1 aromatic heterocycles. The van der Waals surface area contributed by atoms with Crippen LogP contribution >= 0.6 is 0 Å². The molecule has 0 atom stereocenters. The summed E-state index contributed by atoms with van der Waals surface area (Å²) >= 11 is 0. The van der Waals surface area contributed by atoms with Crippen molar-refractivity contribution in [1.82, 2.24) is 9.88 Å². The first kappa shape index (κ1) is 16.0. The Kier molecular flexibility index (Phi) is 5.55. The Hall–Kier alpha value is -2.34. The van der Waals surface area contributed by atoms with Crippen molar-refractivity contribution in [3.05, 3.63) is 30.5 Å². The van der Waals surface area contributed by atoms with Crippen LogP contribution in [0.1, 0.15) is 19.8 Å². The fourth-order valence-corrected chi connectivity index (χ4v) is 2.25. The van der Waals surface area contributed by atoms with Crippen LogP contribution in [0.15, 0.2) is 30.5 Å². The molecule has 2 aromatic rings. The van der Waals surface area contributed by atoms with Crippen molar-refractivity contribution in [2.75, 3.05) is 18.5 Å². The molecule has 3 N–H and O–H groups in total. The second kappa shape index (κ2) is 7.61. The molecular formula is C16H21N3O3. The average Bonchev–Trinajstić information content (AvgIpc) is 2.90. The lowest BCUT2D eigenvalue weighted by Gasteiger charge is -2.08. The molecule has 0 aliphatic carbocycles. The number of aliphatic hydroxyl groups is 1. The van der Waals surface area contributed by atoms with Gasteiger partial charge in [-0.25, -0.2) is 0 Å². The first-order chi connectivity index (χ1) is 10.7. The number of anilines is 1. The highest BCUT2D eigenvalue weighted by atomic mass is 16.3. The molecule has 6 heteroatoms. The van der Waals surface area contributed by atoms with Gasteiger partial charge in [-0.1, -0.05) is 13.0 Å². The monoisotopic (exact) mass is 303 g/mol. The molecule has 0 radical (unpaired) electrons. The maximum Gasteiger partial charge on any atom is 0.313 e. The Morgan fingerprint density at radius 3 is 2.77 bits per heavy atom. The maximum absolute atomic E-state index is 11.8. The predicted molar refractivity (Wildman–Crippen MR) is 85.6 cm³/mol. The van der Waals surface area contributed by atoms with Crippen LogP contribution in [0.5, 0.6) is 0 Å². The highest BCUT2D eigenvalue weighted by molar-refractivity contribution is 6.39. The summed E-state index contributed by atoms with van der Waals surface area (Å²) in [6.07, 6.45) is 3.46. The summed E-state index contributed by atoms with van der Waals surface area (Å²) in [7, 11) is 0. The van der Waals surface area contributed by atoms with Crippen molar-refractivity contribution < 1.29 is 14.7 Å². The van der Waals surface area contributed by atoms with E-state index in [9.17, 15) is 9.59 Å². The van der Waals surface area contributed by atoms with Crippen LogP contribution in [-0.2, 0) is 16.1 Å². The number of hydrogen-bond donors (Lipinski definition) is 3. The molecule has 118 valence electrons. The van der Waals surface area contributed by atoms with Crippen LogP contribution < -0.4 is 10.6 Å². The Labute approximate surface area is 129 Å². The number of carbonyl (C=O) groups excluding carboxylic acids is 2. The van der Waals surface area contributed by atoms with Gasteiger partial charge in [-0.15, -0.1) is 0 Å². The number of fused-ring (bicyclic) bond motifs is 1. The van der Waals surface area contributed by atoms with Crippen molar-refractivity contribution in [2.24, 2.45) is 0 Å². The zero-order valence-electron chi connectivity index (χ0n) is 12.6. The van der Waals surface area contributed by atoms with Gasteiger partial charge in [0.25, 0.3) is 0 Å². The summed E-state index contributed by atoms with van der Waals surface area (Å²) in [5.74, 6) is -1.40. The molecule has 0 bridgehead atoms. The Bertz CT molecular complexity index is 664. The first-order valence-electron chi connectivity index (χ1n) is 7.44. The topological polar surface area (TPSA) is 83.4 Å². The van der Waals surface area contributed by atoms with Crippen LogP contribution in [0.4, 0.5) is 5.69 Å². The third kappa shape index (κ3) is 3.85. The van der Waals surface area contributed by atoms with E-state index < -0.39 is 11.8 Å². The number of nitrogens with one attached hydrogen (secondary N) is 2. The lowest BCUT2D eigenvalue weighted by Crippen LogP contribution is -2.36. The number of aryl methyl sites for hydroxylation is 1. The van der Waals surface area contributed by atoms with Crippen LogP contribution in [0, 0.1) is 0 Å². The summed E-state index contributed by atoms with van der Waals surface area (Å²) < 4.78 is 2.12. The van der Waals surface area contributed by atoms with E-state index in [0.29, 0.717) is 12.1 Å². The third-order valence-corrected chi connectivity index (χ3v) is 3.32. The van der Waals surface area contributed by atoms with E-state index >= 15 is 0 Å². The fraction of sp³-hybridized carbons (Fsp3) is 0.375. The van der Waals surface area contributed by atoms with E-state index in [1.807, 2.05) is 24.4 Å². The molecule has 0 saturated carbocycles. The molecule has 1 aromatic carbocycles. The van der Waals surface area contributed by atoms with Gasteiger partial charge >= 0.3 is 11.8 Å². The molecule has 0 unspecified atom stereocenters. The van der Waals surface area contributed by atoms with Crippen molar-refractivity contribution in [1.29, 1.82) is 0 Å². The van der Waals surface area contributed by atoms with Crippen LogP contribution in [0.3, 0.4) is 0 Å². The van der Waals surface area contributed by atoms with E-state index in [1.54, 1.807) is 6.07 Å². The molecule has 1 heterocycles. The van der Waals surface area contributed by atoms with E-state index in [4.69, 9.17) is 5.11 Å². The molecule has 0 fully saturated rings. The highest BCUT2D eigenvalue weighted by Crippen LogP contribution is 2.20. The highest BCUT2D eigenvalue weighted by Gasteiger charge is 2.13. The Morgan fingerprint density at radius 2 is 2.05 bits per heavy atom. The molecule has 0 aliphatic heterocycles. The van der Waals surface area contributed by atoms with Gasteiger partial charge < -0.3 is 20.3 Å². The molecule has 0 saturated heterocycles. The molecule has 0 aliphatic rings. The number of nitrogens with zero attached hydrogens (tertiary/aromatic N) is 1. The van der Waals surface area contributed by atoms with Crippen LogP contribution in [-0.4, -0.2) is 34.6 Å². The maximum atomic E-state index is 11.8. The molecule has 6 nitrogen and oxygen atoms in total. The summed E-state index contributed by atoms with van der Waals surface area (Å²) in [6.45, 7) is 3.27. The number of aliphatic hydroxyl groups excluding tert-OH is 1. The first-order valence-corrected chi connectivity index (χ1v) is 7.44. The smallest absolute Gasteiger partial charge is 0.313 e. The zero-order chi connectivity index (χ0) is 15.9. The average molecular weight is 303 g/mol. The SMILES string of the molecule is CCCn1ccc2ccc(NC(=O)C(=O)NCCCO)cc21. The summed E-state index contributed by atoms with van der Waals surface area (Å²) in [5, 5.41) is 14.8. The Morgan fingerprint density at radius 1 is 1.23 bits per heavy atom. The minimum absolute atomic E-state index is 0.0208. The van der Waals surface area contributed by atoms with E-state index in [1.165, 1.54) is 0 Å². The largest absolute Gasteiger partial charge is 0.396 e. The molecule has 2 amide bonds. The lowest BCUT2D eigenvalue weighted by molar-refractivity contribution is -0.136. The normalized spacial score (nSPS) is 10.6. The van der Waals surface area contributed by atoms with Crippen molar-refractivity contribution in [2.45, 2.75) is 26.3 Å². The third-order valence-electron chi connectivity index (χ3n) is 3.32. The number of hydrogen-bond acceptors (Lipinski definition) is 3. The van der Waals surface area contributed by atoms with Gasteiger partial charge in [-0.3, -0.25) is 9.59 Å². The standard InChI is InChI=1S/C16H21N3O3/c1-2-8-19-9-6-12-4-5-13(11-14(12)19)18-16(22)15(21)17-7-3-10-20/h4-6,9,11,20H,2-3,7-8,10H2,1H3,(H,17,21)(H,18,22). The summed E-state index contributed by atoms with van der Waals surface area (Å²) in [5.41, 5.74) is 1.62. The van der Waals surface area contributed by atoms with Crippen molar-refractivity contribution in [3.8, 4) is 0 Å². The molecule has 0 spiro atoms. The van der Waals surface area contributed by atoms with Crippen LogP contribution in [0.25, 0.3) is 10.9 Å². The summed E-state index contributed by atoms with van der Waals surface area (Å²) in [6, 6.07) is 7.58. The second-order valence-corrected chi connectivity index (χ2v) is 5.07. The molecule has 2 rings (SSSR count). The zero-order valence-corrected chi connectivity index (χ0v) is 12.6. The van der Waals surface area contributed by atoms with Gasteiger partial charge in [0.05, 0.1) is 5.52 Å². The van der Waals surface area contributed by atoms with E-state index in [-0.39, 0.29) is 13.2 Å². The lowest BCUT2D eigenvalue weighted by atomic mass is 10.2. The van der Waals surface area contributed by atoms with Gasteiger partial charge in [-0.05, 0) is 36.4 Å². The van der Waals surface area contributed by atoms with E-state index in [0.717, 1.165) is 23.9 Å². The second-order valence-electron chi connectivity index (χ2n) is 5.07. The molecule has 22 heavy (non-hydrogen) atoms. The number of amides is 2. The van der Waals surface area contributed by atoms with Crippen molar-refractivity contribution >= 4 is 28.4 Å². The predicted octanol–water partition coefficient (Wildman–Crippen LogP) is 1.49. The van der Waals surface area contributed by atoms with E-state index in [2.05, 4.69) is 22.1 Å². The number of aromatic nitrogens is 1. The van der Waals surface area contributed by atoms with Crippen molar-refractivity contribution in [3.63, 3.8) is 0 Å². The minimum Gasteiger partial charge on any atom is -0.396 e. The Balaban J connectivity index is 2.06. The molecular weight excluding hydrogens is 282 g/mol. The van der Waals surface area contributed by atoms with Gasteiger partial charge in [0.2, 0.25) is 0 Å². The van der Waals surface area contributed by atoms with Crippen LogP contribution in [0.2, 0.25) is 0 Å². The van der Waals surface area contributed by atoms with Gasteiger partial charge in [0.1, 0.15) is 0 Å². The number of carbonyl (C=O) groups is 2. The quantitative estimate of drug-likeness (QED) is 0.558. The summed E-state index contributed by atoms with van der Waals surface area (Å²) in [4.78, 5) is 23.4. The fourth-order valence-electron chi connectivity index (χ4n) is 2.25. The number of rotatable bonds is 6. The van der Waals surface area contributed by atoms with Gasteiger partial charge in [0, 0.05) is 31.6 Å².